The first-order valence-electron chi connectivity index (χ1n) is 15.5. The minimum absolute atomic E-state index is 0.155. The summed E-state index contributed by atoms with van der Waals surface area (Å²) < 4.78 is 38.9. The molecule has 0 saturated carbocycles. The summed E-state index contributed by atoms with van der Waals surface area (Å²) in [6.07, 6.45) is 3.65. The number of aromatic hydroxyl groups is 1. The molecule has 0 amide bonds. The number of benzene rings is 2. The number of phenols is 1. The highest BCUT2D eigenvalue weighted by atomic mass is 28.5. The Morgan fingerprint density at radius 1 is 0.581 bits per heavy atom. The molecule has 0 radical (unpaired) electrons. The number of ether oxygens (including phenoxy) is 2. The van der Waals surface area contributed by atoms with E-state index in [0.717, 1.165) is 54.6 Å². The molecule has 0 saturated heterocycles. The summed E-state index contributed by atoms with van der Waals surface area (Å²) >= 11 is 0. The Hall–Kier alpha value is -1.24. The van der Waals surface area contributed by atoms with Gasteiger partial charge in [0, 0.05) is 0 Å². The van der Waals surface area contributed by atoms with Crippen molar-refractivity contribution >= 4 is 42.3 Å². The molecule has 1 N–H and O–H groups in total. The third-order valence-corrected chi connectivity index (χ3v) is 25.1. The predicted octanol–water partition coefficient (Wildman–Crippen LogP) is 8.87. The highest BCUT2D eigenvalue weighted by Crippen LogP contribution is 2.33. The van der Waals surface area contributed by atoms with E-state index < -0.39 is 42.3 Å². The second-order valence-corrected chi connectivity index (χ2v) is 34.4. The summed E-state index contributed by atoms with van der Waals surface area (Å²) in [6, 6.07) is 13.8. The van der Waals surface area contributed by atoms with Crippen molar-refractivity contribution < 1.29 is 31.0 Å². The van der Waals surface area contributed by atoms with Crippen LogP contribution in [0.3, 0.4) is 0 Å². The predicted molar refractivity (Wildman–Crippen MR) is 190 cm³/mol. The minimum atomic E-state index is -2.74. The SMILES string of the molecule is COc1cc(CCC[Si](C)(O[Si](C)(C)C)O[Si](C)(CCCc2ccc(O)c(OC)c2)O[Si](C)(C)O[Si](C)(C)C)ccc1C. The second-order valence-electron chi connectivity index (χ2n) is 14.3. The molecule has 0 aromatic heterocycles. The lowest BCUT2D eigenvalue weighted by atomic mass is 10.1. The van der Waals surface area contributed by atoms with Crippen LogP contribution in [-0.4, -0.2) is 61.6 Å². The molecule has 0 bridgehead atoms. The van der Waals surface area contributed by atoms with E-state index in [4.69, 9.17) is 25.9 Å². The van der Waals surface area contributed by atoms with Crippen molar-refractivity contribution in [2.75, 3.05) is 14.2 Å². The van der Waals surface area contributed by atoms with Gasteiger partial charge in [0.25, 0.3) is 0 Å². The lowest BCUT2D eigenvalue weighted by Crippen LogP contribution is -2.60. The van der Waals surface area contributed by atoms with Gasteiger partial charge in [0.05, 0.1) is 14.2 Å². The fourth-order valence-corrected chi connectivity index (χ4v) is 29.5. The quantitative estimate of drug-likeness (QED) is 0.157. The number of hydrogen-bond donors (Lipinski definition) is 1. The number of rotatable bonds is 18. The van der Waals surface area contributed by atoms with E-state index in [2.05, 4.69) is 90.6 Å². The van der Waals surface area contributed by atoms with Gasteiger partial charge in [-0.3, -0.25) is 0 Å². The van der Waals surface area contributed by atoms with Crippen molar-refractivity contribution in [1.82, 2.24) is 0 Å². The zero-order chi connectivity index (χ0) is 32.7. The highest BCUT2D eigenvalue weighted by molar-refractivity contribution is 6.90. The molecule has 2 rings (SSSR count). The molecule has 0 aliphatic rings. The first-order chi connectivity index (χ1) is 19.7. The summed E-state index contributed by atoms with van der Waals surface area (Å²) in [5, 5.41) is 10.0. The van der Waals surface area contributed by atoms with Gasteiger partial charge in [-0.2, -0.15) is 0 Å². The maximum atomic E-state index is 10.0. The Labute approximate surface area is 267 Å². The Morgan fingerprint density at radius 3 is 1.53 bits per heavy atom. The first kappa shape index (κ1) is 37.9. The molecule has 244 valence electrons. The Bertz CT molecular complexity index is 1180. The first-order valence-corrected chi connectivity index (χ1v) is 30.2. The van der Waals surface area contributed by atoms with Crippen molar-refractivity contribution in [1.29, 1.82) is 0 Å². The van der Waals surface area contributed by atoms with E-state index in [0.29, 0.717) is 5.75 Å². The van der Waals surface area contributed by atoms with Crippen molar-refractivity contribution in [3.05, 3.63) is 53.1 Å². The topological polar surface area (TPSA) is 75.6 Å². The van der Waals surface area contributed by atoms with E-state index >= 15 is 0 Å². The number of hydrogen-bond acceptors (Lipinski definition) is 7. The molecule has 0 aliphatic carbocycles. The summed E-state index contributed by atoms with van der Waals surface area (Å²) in [6.45, 7) is 24.3. The van der Waals surface area contributed by atoms with Crippen LogP contribution in [0, 0.1) is 6.92 Å². The smallest absolute Gasteiger partial charge is 0.317 e. The van der Waals surface area contributed by atoms with Gasteiger partial charge in [-0.05, 0) is 145 Å². The van der Waals surface area contributed by atoms with Gasteiger partial charge in [0.15, 0.2) is 28.1 Å². The Balaban J connectivity index is 2.30. The number of methoxy groups -OCH3 is 2. The third kappa shape index (κ3) is 13.7. The third-order valence-electron chi connectivity index (χ3n) is 6.88. The number of phenolic OH excluding ortho intramolecular Hbond substituents is 1. The van der Waals surface area contributed by atoms with Crippen LogP contribution in [-0.2, 0) is 29.3 Å². The van der Waals surface area contributed by atoms with Gasteiger partial charge >= 0.3 is 25.7 Å². The molecule has 0 heterocycles. The standard InChI is InChI=1S/C31H58O7Si5/c1-26-18-19-27(24-30(26)33-2)16-14-22-42(12,36-40(7,8)9)38-43(13,37-41(10,11)35-39(4,5)6)23-15-17-28-20-21-29(32)31(25-28)34-3/h18-21,24-25,32H,14-17,22-23H2,1-13H3. The molecule has 0 aliphatic heterocycles. The normalized spacial score (nSPS) is 15.6. The van der Waals surface area contributed by atoms with Crippen LogP contribution in [0.25, 0.3) is 0 Å². The maximum Gasteiger partial charge on any atom is 0.317 e. The summed E-state index contributed by atoms with van der Waals surface area (Å²) in [4.78, 5) is 0. The van der Waals surface area contributed by atoms with E-state index in [9.17, 15) is 5.11 Å². The number of aryl methyl sites for hydroxylation is 3. The average molecular weight is 683 g/mol. The van der Waals surface area contributed by atoms with Crippen LogP contribution in [0.2, 0.25) is 77.6 Å². The van der Waals surface area contributed by atoms with Gasteiger partial charge in [-0.25, -0.2) is 0 Å². The van der Waals surface area contributed by atoms with Crippen LogP contribution >= 0.6 is 0 Å². The Morgan fingerprint density at radius 2 is 1.05 bits per heavy atom. The van der Waals surface area contributed by atoms with Gasteiger partial charge < -0.3 is 31.0 Å². The molecule has 2 aromatic carbocycles. The van der Waals surface area contributed by atoms with Crippen LogP contribution in [0.1, 0.15) is 29.5 Å². The summed E-state index contributed by atoms with van der Waals surface area (Å²) in [5.41, 5.74) is 3.53. The van der Waals surface area contributed by atoms with Crippen molar-refractivity contribution in [2.24, 2.45) is 0 Å². The van der Waals surface area contributed by atoms with E-state index in [-0.39, 0.29) is 5.75 Å². The van der Waals surface area contributed by atoms with Crippen LogP contribution in [0.4, 0.5) is 0 Å². The highest BCUT2D eigenvalue weighted by Gasteiger charge is 2.48. The molecule has 43 heavy (non-hydrogen) atoms. The molecule has 0 fully saturated rings. The summed E-state index contributed by atoms with van der Waals surface area (Å²) in [7, 11) is -8.26. The van der Waals surface area contributed by atoms with Crippen molar-refractivity contribution in [3.63, 3.8) is 0 Å². The van der Waals surface area contributed by atoms with Gasteiger partial charge in [-0.15, -0.1) is 0 Å². The second kappa shape index (κ2) is 15.4. The van der Waals surface area contributed by atoms with Crippen LogP contribution in [0.15, 0.2) is 36.4 Å². The van der Waals surface area contributed by atoms with Crippen molar-refractivity contribution in [2.45, 2.75) is 110 Å². The molecule has 12 heteroatoms. The Kier molecular flexibility index (Phi) is 13.6. The molecule has 7 nitrogen and oxygen atoms in total. The molecular weight excluding hydrogens is 625 g/mol. The van der Waals surface area contributed by atoms with Gasteiger partial charge in [-0.1, -0.05) is 18.2 Å². The maximum absolute atomic E-state index is 10.0. The minimum Gasteiger partial charge on any atom is -0.504 e. The lowest BCUT2D eigenvalue weighted by Gasteiger charge is -2.44. The largest absolute Gasteiger partial charge is 0.504 e. The lowest BCUT2D eigenvalue weighted by molar-refractivity contribution is 0.287. The van der Waals surface area contributed by atoms with Gasteiger partial charge in [0.2, 0.25) is 0 Å². The van der Waals surface area contributed by atoms with Crippen LogP contribution < -0.4 is 9.47 Å². The molecule has 2 unspecified atom stereocenters. The monoisotopic (exact) mass is 682 g/mol. The molecule has 0 spiro atoms. The van der Waals surface area contributed by atoms with Gasteiger partial charge in [0.1, 0.15) is 5.75 Å². The van der Waals surface area contributed by atoms with Crippen molar-refractivity contribution in [3.8, 4) is 17.2 Å². The van der Waals surface area contributed by atoms with E-state index in [1.54, 1.807) is 20.3 Å². The van der Waals surface area contributed by atoms with Crippen LogP contribution in [0.5, 0.6) is 17.2 Å². The molecule has 2 atom stereocenters. The fourth-order valence-electron chi connectivity index (χ4n) is 5.75. The molecule has 2 aromatic rings. The summed E-state index contributed by atoms with van der Waals surface area (Å²) in [5.74, 6) is 1.58. The van der Waals surface area contributed by atoms with E-state index in [1.165, 1.54) is 5.56 Å². The molecular formula is C31H58O7Si5. The average Bonchev–Trinajstić information content (AvgIpc) is 2.82. The van der Waals surface area contributed by atoms with E-state index in [1.807, 2.05) is 12.1 Å². The zero-order valence-corrected chi connectivity index (χ0v) is 34.1. The fraction of sp³-hybridized carbons (Fsp3) is 0.613. The zero-order valence-electron chi connectivity index (χ0n) is 29.1.